The molecule has 0 heterocycles. The second-order valence-corrected chi connectivity index (χ2v) is 5.93. The standard InChI is InChI=1S/C15H22N2O3/c1-5-16-13-9-14(15(13,3)4)20-12-8-6-7-11(10(12)2)17(18)19/h6-8,13-14,16H,5,9H2,1-4H3. The number of nitro benzene ring substituents is 1. The van der Waals surface area contributed by atoms with Crippen molar-refractivity contribution >= 4 is 5.69 Å². The fourth-order valence-corrected chi connectivity index (χ4v) is 2.76. The van der Waals surface area contributed by atoms with Crippen molar-refractivity contribution in [2.75, 3.05) is 6.54 Å². The molecule has 0 spiro atoms. The second-order valence-electron chi connectivity index (χ2n) is 5.93. The Hall–Kier alpha value is -1.62. The number of hydrogen-bond donors (Lipinski definition) is 1. The molecule has 1 fully saturated rings. The first-order chi connectivity index (χ1) is 9.37. The Balaban J connectivity index is 2.13. The van der Waals surface area contributed by atoms with Crippen molar-refractivity contribution in [3.63, 3.8) is 0 Å². The lowest BCUT2D eigenvalue weighted by Crippen LogP contribution is -2.62. The van der Waals surface area contributed by atoms with Crippen LogP contribution in [0.15, 0.2) is 18.2 Å². The molecule has 1 aliphatic rings. The molecule has 1 aliphatic carbocycles. The highest BCUT2D eigenvalue weighted by Crippen LogP contribution is 2.44. The van der Waals surface area contributed by atoms with Crippen molar-refractivity contribution in [1.29, 1.82) is 0 Å². The molecule has 1 aromatic carbocycles. The topological polar surface area (TPSA) is 64.4 Å². The number of hydrogen-bond acceptors (Lipinski definition) is 4. The van der Waals surface area contributed by atoms with Crippen molar-refractivity contribution in [2.45, 2.75) is 46.3 Å². The van der Waals surface area contributed by atoms with Gasteiger partial charge in [0, 0.05) is 23.9 Å². The first-order valence-corrected chi connectivity index (χ1v) is 7.02. The molecular weight excluding hydrogens is 256 g/mol. The molecule has 0 saturated heterocycles. The summed E-state index contributed by atoms with van der Waals surface area (Å²) in [5.74, 6) is 0.618. The van der Waals surface area contributed by atoms with Gasteiger partial charge < -0.3 is 10.1 Å². The van der Waals surface area contributed by atoms with Crippen LogP contribution in [0.2, 0.25) is 0 Å². The first kappa shape index (κ1) is 14.8. The van der Waals surface area contributed by atoms with E-state index in [0.717, 1.165) is 13.0 Å². The van der Waals surface area contributed by atoms with Crippen LogP contribution in [0.25, 0.3) is 0 Å². The molecule has 0 radical (unpaired) electrons. The fraction of sp³-hybridized carbons (Fsp3) is 0.600. The van der Waals surface area contributed by atoms with Gasteiger partial charge in [0.2, 0.25) is 0 Å². The summed E-state index contributed by atoms with van der Waals surface area (Å²) in [6.07, 6.45) is 1.02. The summed E-state index contributed by atoms with van der Waals surface area (Å²) < 4.78 is 6.02. The largest absolute Gasteiger partial charge is 0.489 e. The van der Waals surface area contributed by atoms with Gasteiger partial charge in [-0.25, -0.2) is 0 Å². The molecule has 20 heavy (non-hydrogen) atoms. The van der Waals surface area contributed by atoms with Crippen molar-refractivity contribution in [1.82, 2.24) is 5.32 Å². The van der Waals surface area contributed by atoms with Crippen LogP contribution in [-0.4, -0.2) is 23.6 Å². The van der Waals surface area contributed by atoms with E-state index in [-0.39, 0.29) is 22.1 Å². The molecule has 5 nitrogen and oxygen atoms in total. The minimum atomic E-state index is -0.366. The Morgan fingerprint density at radius 2 is 2.20 bits per heavy atom. The SMILES string of the molecule is CCNC1CC(Oc2cccc([N+](=O)[O-])c2C)C1(C)C. The van der Waals surface area contributed by atoms with E-state index in [1.54, 1.807) is 19.1 Å². The highest BCUT2D eigenvalue weighted by Gasteiger charge is 2.49. The van der Waals surface area contributed by atoms with Gasteiger partial charge in [-0.3, -0.25) is 10.1 Å². The highest BCUT2D eigenvalue weighted by atomic mass is 16.6. The van der Waals surface area contributed by atoms with Gasteiger partial charge in [-0.15, -0.1) is 0 Å². The molecule has 2 unspecified atom stereocenters. The number of rotatable bonds is 5. The maximum absolute atomic E-state index is 10.9. The van der Waals surface area contributed by atoms with E-state index in [4.69, 9.17) is 4.74 Å². The number of ether oxygens (including phenoxy) is 1. The zero-order valence-electron chi connectivity index (χ0n) is 12.5. The van der Waals surface area contributed by atoms with Crippen LogP contribution >= 0.6 is 0 Å². The Morgan fingerprint density at radius 1 is 1.50 bits per heavy atom. The number of nitrogens with zero attached hydrogens (tertiary/aromatic N) is 1. The van der Waals surface area contributed by atoms with Gasteiger partial charge in [0.05, 0.1) is 10.5 Å². The molecule has 1 N–H and O–H groups in total. The molecule has 110 valence electrons. The highest BCUT2D eigenvalue weighted by molar-refractivity contribution is 5.48. The lowest BCUT2D eigenvalue weighted by atomic mass is 9.64. The molecule has 1 aromatic rings. The van der Waals surface area contributed by atoms with E-state index >= 15 is 0 Å². The van der Waals surface area contributed by atoms with Gasteiger partial charge >= 0.3 is 0 Å². The van der Waals surface area contributed by atoms with Crippen LogP contribution < -0.4 is 10.1 Å². The molecule has 0 bridgehead atoms. The van der Waals surface area contributed by atoms with E-state index in [2.05, 4.69) is 26.1 Å². The predicted octanol–water partition coefficient (Wildman–Crippen LogP) is 3.06. The summed E-state index contributed by atoms with van der Waals surface area (Å²) in [5, 5.41) is 14.4. The van der Waals surface area contributed by atoms with Crippen LogP contribution in [0.1, 0.15) is 32.8 Å². The van der Waals surface area contributed by atoms with Crippen LogP contribution in [0.5, 0.6) is 5.75 Å². The first-order valence-electron chi connectivity index (χ1n) is 7.02. The quantitative estimate of drug-likeness (QED) is 0.664. The van der Waals surface area contributed by atoms with Crippen molar-refractivity contribution in [3.8, 4) is 5.75 Å². The Bertz CT molecular complexity index is 514. The smallest absolute Gasteiger partial charge is 0.276 e. The average Bonchev–Trinajstić information content (AvgIpc) is 2.39. The third-order valence-electron chi connectivity index (χ3n) is 4.35. The lowest BCUT2D eigenvalue weighted by molar-refractivity contribution is -0.385. The Morgan fingerprint density at radius 3 is 2.75 bits per heavy atom. The van der Waals surface area contributed by atoms with Crippen LogP contribution in [0.3, 0.4) is 0 Å². The summed E-state index contributed by atoms with van der Waals surface area (Å²) in [4.78, 5) is 10.6. The van der Waals surface area contributed by atoms with Crippen molar-refractivity contribution < 1.29 is 9.66 Å². The summed E-state index contributed by atoms with van der Waals surface area (Å²) in [6, 6.07) is 5.43. The maximum atomic E-state index is 10.9. The molecule has 5 heteroatoms. The van der Waals surface area contributed by atoms with Gasteiger partial charge in [-0.05, 0) is 19.5 Å². The van der Waals surface area contributed by atoms with Gasteiger partial charge in [0.15, 0.2) is 0 Å². The van der Waals surface area contributed by atoms with E-state index in [1.807, 2.05) is 0 Å². The number of nitrogens with one attached hydrogen (secondary N) is 1. The Kier molecular flexibility index (Phi) is 3.99. The van der Waals surface area contributed by atoms with Crippen LogP contribution in [0.4, 0.5) is 5.69 Å². The third kappa shape index (κ3) is 2.50. The molecule has 0 aromatic heterocycles. The molecule has 2 atom stereocenters. The van der Waals surface area contributed by atoms with Gasteiger partial charge in [0.25, 0.3) is 5.69 Å². The molecule has 0 amide bonds. The van der Waals surface area contributed by atoms with E-state index < -0.39 is 0 Å². The fourth-order valence-electron chi connectivity index (χ4n) is 2.76. The van der Waals surface area contributed by atoms with Crippen molar-refractivity contribution in [2.24, 2.45) is 5.41 Å². The van der Waals surface area contributed by atoms with Crippen LogP contribution in [0, 0.1) is 22.5 Å². The summed E-state index contributed by atoms with van der Waals surface area (Å²) in [6.45, 7) is 9.11. The second kappa shape index (κ2) is 5.40. The monoisotopic (exact) mass is 278 g/mol. The Labute approximate surface area is 119 Å². The zero-order chi connectivity index (χ0) is 14.9. The van der Waals surface area contributed by atoms with E-state index in [9.17, 15) is 10.1 Å². The predicted molar refractivity (Wildman–Crippen MR) is 78.1 cm³/mol. The lowest BCUT2D eigenvalue weighted by Gasteiger charge is -2.51. The van der Waals surface area contributed by atoms with E-state index in [1.165, 1.54) is 6.07 Å². The number of benzene rings is 1. The minimum absolute atomic E-state index is 0.0348. The average molecular weight is 278 g/mol. The summed E-state index contributed by atoms with van der Waals surface area (Å²) >= 11 is 0. The minimum Gasteiger partial charge on any atom is -0.489 e. The molecule has 2 rings (SSSR count). The normalized spacial score (nSPS) is 24.0. The molecular formula is C15H22N2O3. The molecule has 0 aliphatic heterocycles. The van der Waals surface area contributed by atoms with Crippen molar-refractivity contribution in [3.05, 3.63) is 33.9 Å². The summed E-state index contributed by atoms with van der Waals surface area (Å²) in [7, 11) is 0. The zero-order valence-corrected chi connectivity index (χ0v) is 12.5. The van der Waals surface area contributed by atoms with E-state index in [0.29, 0.717) is 17.4 Å². The maximum Gasteiger partial charge on any atom is 0.276 e. The van der Waals surface area contributed by atoms with Crippen LogP contribution in [-0.2, 0) is 0 Å². The number of nitro groups is 1. The summed E-state index contributed by atoms with van der Waals surface area (Å²) in [5.41, 5.74) is 0.746. The van der Waals surface area contributed by atoms with Gasteiger partial charge in [0.1, 0.15) is 11.9 Å². The van der Waals surface area contributed by atoms with Gasteiger partial charge in [-0.2, -0.15) is 0 Å². The third-order valence-corrected chi connectivity index (χ3v) is 4.35. The van der Waals surface area contributed by atoms with Gasteiger partial charge in [-0.1, -0.05) is 26.8 Å². The molecule has 1 saturated carbocycles.